The maximum absolute atomic E-state index is 12.6. The van der Waals surface area contributed by atoms with E-state index < -0.39 is 0 Å². The molecule has 1 aromatic heterocycles. The number of nitrogens with zero attached hydrogens (tertiary/aromatic N) is 2. The van der Waals surface area contributed by atoms with Crippen molar-refractivity contribution in [3.05, 3.63) is 40.7 Å². The maximum atomic E-state index is 12.6. The van der Waals surface area contributed by atoms with E-state index in [4.69, 9.17) is 14.2 Å². The summed E-state index contributed by atoms with van der Waals surface area (Å²) in [4.78, 5) is 12.6. The molecule has 134 valence electrons. The van der Waals surface area contributed by atoms with Gasteiger partial charge in [0, 0.05) is 42.4 Å². The molecule has 25 heavy (non-hydrogen) atoms. The maximum Gasteiger partial charge on any atom is 0.272 e. The molecule has 1 aliphatic heterocycles. The summed E-state index contributed by atoms with van der Waals surface area (Å²) in [6, 6.07) is 5.51. The normalized spacial score (nSPS) is 13.2. The number of aromatic nitrogens is 2. The van der Waals surface area contributed by atoms with Gasteiger partial charge in [-0.15, -0.1) is 0 Å². The van der Waals surface area contributed by atoms with Crippen LogP contribution in [0.3, 0.4) is 0 Å². The van der Waals surface area contributed by atoms with Crippen LogP contribution in [0.2, 0.25) is 0 Å². The number of amides is 1. The molecule has 0 bridgehead atoms. The van der Waals surface area contributed by atoms with Crippen molar-refractivity contribution in [3.8, 4) is 11.5 Å². The molecule has 0 fully saturated rings. The zero-order valence-electron chi connectivity index (χ0n) is 14.8. The molecular formula is C18H23N3O4. The van der Waals surface area contributed by atoms with Gasteiger partial charge in [-0.2, -0.15) is 5.10 Å². The molecular weight excluding hydrogens is 322 g/mol. The van der Waals surface area contributed by atoms with Crippen LogP contribution in [0.25, 0.3) is 0 Å². The fourth-order valence-electron chi connectivity index (χ4n) is 3.01. The molecule has 2 heterocycles. The minimum atomic E-state index is -0.202. The van der Waals surface area contributed by atoms with Crippen LogP contribution in [0, 0.1) is 0 Å². The summed E-state index contributed by atoms with van der Waals surface area (Å²) in [5.41, 5.74) is 3.31. The Morgan fingerprint density at radius 3 is 2.92 bits per heavy atom. The standard InChI is InChI=1S/C18H23N3O4/c1-4-21-15-7-8-25-11-14(15)17(20-21)18(22)19-10-12-5-6-13(23-2)9-16(12)24-3/h5-6,9H,4,7-8,10-11H2,1-3H3,(H,19,22). The summed E-state index contributed by atoms with van der Waals surface area (Å²) in [5, 5.41) is 7.39. The fraction of sp³-hybridized carbons (Fsp3) is 0.444. The SMILES string of the molecule is CCn1nc(C(=O)NCc2ccc(OC)cc2OC)c2c1CCOC2. The highest BCUT2D eigenvalue weighted by atomic mass is 16.5. The summed E-state index contributed by atoms with van der Waals surface area (Å²) in [5.74, 6) is 1.18. The van der Waals surface area contributed by atoms with Crippen molar-refractivity contribution in [2.45, 2.75) is 33.0 Å². The number of fused-ring (bicyclic) bond motifs is 1. The number of hydrogen-bond donors (Lipinski definition) is 1. The molecule has 0 aliphatic carbocycles. The van der Waals surface area contributed by atoms with E-state index in [0.29, 0.717) is 37.0 Å². The zero-order valence-corrected chi connectivity index (χ0v) is 14.8. The molecule has 0 saturated carbocycles. The Hall–Kier alpha value is -2.54. The molecule has 0 atom stereocenters. The molecule has 1 aromatic carbocycles. The quantitative estimate of drug-likeness (QED) is 0.866. The van der Waals surface area contributed by atoms with Gasteiger partial charge in [0.05, 0.1) is 27.4 Å². The number of ether oxygens (including phenoxy) is 3. The lowest BCUT2D eigenvalue weighted by molar-refractivity contribution is 0.0922. The fourth-order valence-corrected chi connectivity index (χ4v) is 3.01. The molecule has 7 heteroatoms. The summed E-state index contributed by atoms with van der Waals surface area (Å²) >= 11 is 0. The number of aryl methyl sites for hydroxylation is 1. The van der Waals surface area contributed by atoms with Gasteiger partial charge >= 0.3 is 0 Å². The predicted molar refractivity (Wildman–Crippen MR) is 92.0 cm³/mol. The summed E-state index contributed by atoms with van der Waals surface area (Å²) in [6.07, 6.45) is 0.787. The van der Waals surface area contributed by atoms with Gasteiger partial charge in [0.1, 0.15) is 11.5 Å². The van der Waals surface area contributed by atoms with Gasteiger partial charge in [-0.3, -0.25) is 9.48 Å². The Labute approximate surface area is 146 Å². The highest BCUT2D eigenvalue weighted by molar-refractivity contribution is 5.94. The first-order valence-corrected chi connectivity index (χ1v) is 8.33. The molecule has 2 aromatic rings. The summed E-state index contributed by atoms with van der Waals surface area (Å²) < 4.78 is 17.9. The van der Waals surface area contributed by atoms with Gasteiger partial charge in [0.2, 0.25) is 0 Å². The third-order valence-corrected chi connectivity index (χ3v) is 4.34. The van der Waals surface area contributed by atoms with Crippen LogP contribution in [0.1, 0.15) is 34.2 Å². The monoisotopic (exact) mass is 345 g/mol. The first kappa shape index (κ1) is 17.3. The van der Waals surface area contributed by atoms with Crippen LogP contribution in [0.5, 0.6) is 11.5 Å². The van der Waals surface area contributed by atoms with Crippen molar-refractivity contribution in [1.82, 2.24) is 15.1 Å². The number of rotatable bonds is 6. The average molecular weight is 345 g/mol. The van der Waals surface area contributed by atoms with E-state index in [9.17, 15) is 4.79 Å². The van der Waals surface area contributed by atoms with Crippen molar-refractivity contribution in [2.75, 3.05) is 20.8 Å². The molecule has 0 saturated heterocycles. The Kier molecular flexibility index (Phi) is 5.23. The van der Waals surface area contributed by atoms with Crippen LogP contribution in [0.4, 0.5) is 0 Å². The van der Waals surface area contributed by atoms with Crippen LogP contribution in [0.15, 0.2) is 18.2 Å². The van der Waals surface area contributed by atoms with E-state index in [-0.39, 0.29) is 5.91 Å². The predicted octanol–water partition coefficient (Wildman–Crippen LogP) is 1.92. The van der Waals surface area contributed by atoms with Crippen LogP contribution in [-0.2, 0) is 30.9 Å². The highest BCUT2D eigenvalue weighted by Gasteiger charge is 2.24. The van der Waals surface area contributed by atoms with Gasteiger partial charge in [-0.1, -0.05) is 0 Å². The van der Waals surface area contributed by atoms with Crippen molar-refractivity contribution in [2.24, 2.45) is 0 Å². The smallest absolute Gasteiger partial charge is 0.272 e. The van der Waals surface area contributed by atoms with Gasteiger partial charge in [-0.25, -0.2) is 0 Å². The van der Waals surface area contributed by atoms with Crippen molar-refractivity contribution in [1.29, 1.82) is 0 Å². The van der Waals surface area contributed by atoms with Crippen LogP contribution >= 0.6 is 0 Å². The number of methoxy groups -OCH3 is 2. The summed E-state index contributed by atoms with van der Waals surface area (Å²) in [7, 11) is 3.20. The number of carbonyl (C=O) groups is 1. The van der Waals surface area contributed by atoms with Gasteiger partial charge in [0.15, 0.2) is 5.69 Å². The third-order valence-electron chi connectivity index (χ3n) is 4.34. The minimum Gasteiger partial charge on any atom is -0.497 e. The molecule has 3 rings (SSSR count). The number of carbonyl (C=O) groups excluding carboxylic acids is 1. The van der Waals surface area contributed by atoms with E-state index in [0.717, 1.165) is 29.8 Å². The minimum absolute atomic E-state index is 0.202. The molecule has 0 unspecified atom stereocenters. The van der Waals surface area contributed by atoms with Crippen molar-refractivity contribution >= 4 is 5.91 Å². The summed E-state index contributed by atoms with van der Waals surface area (Å²) in [6.45, 7) is 4.21. The molecule has 7 nitrogen and oxygen atoms in total. The van der Waals surface area contributed by atoms with E-state index in [1.807, 2.05) is 23.7 Å². The first-order chi connectivity index (χ1) is 12.2. The van der Waals surface area contributed by atoms with E-state index in [1.165, 1.54) is 0 Å². The van der Waals surface area contributed by atoms with Crippen LogP contribution in [-0.4, -0.2) is 36.5 Å². The lowest BCUT2D eigenvalue weighted by atomic mass is 10.1. The first-order valence-electron chi connectivity index (χ1n) is 8.33. The topological polar surface area (TPSA) is 74.6 Å². The second-order valence-corrected chi connectivity index (χ2v) is 5.75. The van der Waals surface area contributed by atoms with E-state index in [2.05, 4.69) is 10.4 Å². The van der Waals surface area contributed by atoms with E-state index >= 15 is 0 Å². The molecule has 1 N–H and O–H groups in total. The molecule has 1 amide bonds. The Bertz CT molecular complexity index is 770. The van der Waals surface area contributed by atoms with Crippen molar-refractivity contribution < 1.29 is 19.0 Å². The lowest BCUT2D eigenvalue weighted by Crippen LogP contribution is -2.25. The Morgan fingerprint density at radius 1 is 1.36 bits per heavy atom. The number of benzene rings is 1. The largest absolute Gasteiger partial charge is 0.497 e. The van der Waals surface area contributed by atoms with Gasteiger partial charge in [-0.05, 0) is 19.1 Å². The third kappa shape index (κ3) is 3.46. The number of hydrogen-bond acceptors (Lipinski definition) is 5. The molecule has 0 spiro atoms. The Morgan fingerprint density at radius 2 is 2.20 bits per heavy atom. The van der Waals surface area contributed by atoms with Gasteiger partial charge in [0.25, 0.3) is 5.91 Å². The Balaban J connectivity index is 1.76. The molecule has 1 aliphatic rings. The second kappa shape index (κ2) is 7.57. The number of nitrogens with one attached hydrogen (secondary N) is 1. The average Bonchev–Trinajstić information content (AvgIpc) is 3.05. The van der Waals surface area contributed by atoms with E-state index in [1.54, 1.807) is 20.3 Å². The van der Waals surface area contributed by atoms with Gasteiger partial charge < -0.3 is 19.5 Å². The zero-order chi connectivity index (χ0) is 17.8. The highest BCUT2D eigenvalue weighted by Crippen LogP contribution is 2.25. The van der Waals surface area contributed by atoms with Crippen molar-refractivity contribution in [3.63, 3.8) is 0 Å². The van der Waals surface area contributed by atoms with Crippen LogP contribution < -0.4 is 14.8 Å². The lowest BCUT2D eigenvalue weighted by Gasteiger charge is -2.14. The second-order valence-electron chi connectivity index (χ2n) is 5.75. The molecule has 0 radical (unpaired) electrons.